The second-order valence-corrected chi connectivity index (χ2v) is 5.89. The van der Waals surface area contributed by atoms with Crippen molar-refractivity contribution in [3.05, 3.63) is 45.2 Å². The smallest absolute Gasteiger partial charge is 0.330 e. The number of fused-ring (bicyclic) bond motifs is 1. The number of hydrogen-bond donors (Lipinski definition) is 3. The van der Waals surface area contributed by atoms with Crippen LogP contribution in [0.2, 0.25) is 0 Å². The predicted molar refractivity (Wildman–Crippen MR) is 84.5 cm³/mol. The molecule has 1 aromatic heterocycles. The highest BCUT2D eigenvalue weighted by atomic mass is 16.7. The number of aliphatic hydroxyl groups excluding tert-OH is 2. The summed E-state index contributed by atoms with van der Waals surface area (Å²) in [4.78, 5) is 26.6. The van der Waals surface area contributed by atoms with Crippen LogP contribution in [0.5, 0.6) is 11.5 Å². The summed E-state index contributed by atoms with van der Waals surface area (Å²) in [6.45, 7) is -0.240. The van der Waals surface area contributed by atoms with Crippen LogP contribution in [0.15, 0.2) is 34.0 Å². The van der Waals surface area contributed by atoms with Gasteiger partial charge >= 0.3 is 5.69 Å². The Morgan fingerprint density at radius 2 is 2.04 bits per heavy atom. The molecule has 2 aromatic rings. The van der Waals surface area contributed by atoms with Crippen molar-refractivity contribution in [3.8, 4) is 22.6 Å². The number of nitrogens with one attached hydrogen (secondary N) is 1. The van der Waals surface area contributed by atoms with E-state index in [9.17, 15) is 19.8 Å². The van der Waals surface area contributed by atoms with E-state index in [-0.39, 0.29) is 25.4 Å². The van der Waals surface area contributed by atoms with Gasteiger partial charge in [0.1, 0.15) is 12.3 Å². The molecule has 9 nitrogen and oxygen atoms in total. The second kappa shape index (κ2) is 6.03. The molecule has 0 radical (unpaired) electrons. The minimum Gasteiger partial charge on any atom is -0.454 e. The number of rotatable bonds is 3. The summed E-state index contributed by atoms with van der Waals surface area (Å²) in [5.41, 5.74) is -0.386. The van der Waals surface area contributed by atoms with Crippen molar-refractivity contribution in [1.29, 1.82) is 0 Å². The second-order valence-electron chi connectivity index (χ2n) is 5.89. The molecule has 4 rings (SSSR count). The fourth-order valence-electron chi connectivity index (χ4n) is 3.02. The maximum absolute atomic E-state index is 12.2. The molecule has 2 aliphatic heterocycles. The zero-order chi connectivity index (χ0) is 17.6. The summed E-state index contributed by atoms with van der Waals surface area (Å²) in [5.74, 6) is 1.10. The summed E-state index contributed by atoms with van der Waals surface area (Å²) in [6, 6.07) is 5.03. The van der Waals surface area contributed by atoms with Gasteiger partial charge in [-0.1, -0.05) is 6.07 Å². The third-order valence-electron chi connectivity index (χ3n) is 4.35. The highest BCUT2D eigenvalue weighted by Gasteiger charge is 2.35. The number of nitrogens with zero attached hydrogens (tertiary/aromatic N) is 1. The van der Waals surface area contributed by atoms with Crippen LogP contribution in [0, 0.1) is 0 Å². The lowest BCUT2D eigenvalue weighted by atomic mass is 10.1. The van der Waals surface area contributed by atoms with Crippen LogP contribution in [-0.4, -0.2) is 45.4 Å². The summed E-state index contributed by atoms with van der Waals surface area (Å²) >= 11 is 0. The van der Waals surface area contributed by atoms with E-state index in [4.69, 9.17) is 14.2 Å². The summed E-state index contributed by atoms with van der Waals surface area (Å²) < 4.78 is 17.3. The van der Waals surface area contributed by atoms with Crippen LogP contribution in [0.3, 0.4) is 0 Å². The predicted octanol–water partition coefficient (Wildman–Crippen LogP) is -0.427. The SMILES string of the molecule is O=c1[nH]c(=O)n([C@H]2C[C@H](O)[C@@H](CO)O2)cc1-c1ccc2c(c1)OCO2. The van der Waals surface area contributed by atoms with Gasteiger partial charge in [-0.05, 0) is 17.7 Å². The van der Waals surface area contributed by atoms with Gasteiger partial charge in [-0.25, -0.2) is 4.79 Å². The van der Waals surface area contributed by atoms with Crippen molar-refractivity contribution >= 4 is 0 Å². The van der Waals surface area contributed by atoms with Crippen LogP contribution in [0.25, 0.3) is 11.1 Å². The van der Waals surface area contributed by atoms with Crippen LogP contribution in [0.4, 0.5) is 0 Å². The number of hydrogen-bond acceptors (Lipinski definition) is 7. The van der Waals surface area contributed by atoms with E-state index in [1.165, 1.54) is 10.8 Å². The highest BCUT2D eigenvalue weighted by molar-refractivity contribution is 5.66. The van der Waals surface area contributed by atoms with E-state index in [0.717, 1.165) is 0 Å². The van der Waals surface area contributed by atoms with Gasteiger partial charge in [-0.15, -0.1) is 0 Å². The molecule has 3 N–H and O–H groups in total. The Labute approximate surface area is 141 Å². The van der Waals surface area contributed by atoms with Crippen molar-refractivity contribution in [2.45, 2.75) is 24.9 Å². The first-order valence-corrected chi connectivity index (χ1v) is 7.76. The van der Waals surface area contributed by atoms with Crippen molar-refractivity contribution in [2.24, 2.45) is 0 Å². The van der Waals surface area contributed by atoms with Crippen LogP contribution in [0.1, 0.15) is 12.6 Å². The number of benzene rings is 1. The van der Waals surface area contributed by atoms with Gasteiger partial charge in [-0.3, -0.25) is 14.3 Å². The van der Waals surface area contributed by atoms with Crippen molar-refractivity contribution in [1.82, 2.24) is 9.55 Å². The van der Waals surface area contributed by atoms with Gasteiger partial charge in [0, 0.05) is 12.6 Å². The molecule has 0 aliphatic carbocycles. The fourth-order valence-corrected chi connectivity index (χ4v) is 3.02. The van der Waals surface area contributed by atoms with Crippen LogP contribution < -0.4 is 20.7 Å². The Morgan fingerprint density at radius 1 is 1.24 bits per heavy atom. The topological polar surface area (TPSA) is 123 Å². The third kappa shape index (κ3) is 2.72. The lowest BCUT2D eigenvalue weighted by molar-refractivity contribution is -0.0458. The van der Waals surface area contributed by atoms with Gasteiger partial charge in [0.25, 0.3) is 5.56 Å². The van der Waals surface area contributed by atoms with Gasteiger partial charge < -0.3 is 24.4 Å². The minimum atomic E-state index is -0.886. The summed E-state index contributed by atoms with van der Waals surface area (Å²) in [5, 5.41) is 19.0. The first-order chi connectivity index (χ1) is 12.1. The molecule has 9 heteroatoms. The minimum absolute atomic E-state index is 0.116. The number of ether oxygens (including phenoxy) is 3. The lowest BCUT2D eigenvalue weighted by Crippen LogP contribution is -2.33. The van der Waals surface area contributed by atoms with Crippen molar-refractivity contribution in [3.63, 3.8) is 0 Å². The summed E-state index contributed by atoms with van der Waals surface area (Å²) in [6.07, 6.45) is -0.905. The monoisotopic (exact) mass is 348 g/mol. The molecule has 1 aromatic carbocycles. The van der Waals surface area contributed by atoms with Crippen molar-refractivity contribution in [2.75, 3.05) is 13.4 Å². The van der Waals surface area contributed by atoms with Crippen LogP contribution in [-0.2, 0) is 4.74 Å². The maximum Gasteiger partial charge on any atom is 0.330 e. The van der Waals surface area contributed by atoms with E-state index in [2.05, 4.69) is 4.98 Å². The average molecular weight is 348 g/mol. The van der Waals surface area contributed by atoms with Gasteiger partial charge in [0.2, 0.25) is 6.79 Å². The highest BCUT2D eigenvalue weighted by Crippen LogP contribution is 2.35. The van der Waals surface area contributed by atoms with Gasteiger partial charge in [-0.2, -0.15) is 0 Å². The molecule has 0 spiro atoms. The molecule has 1 saturated heterocycles. The average Bonchev–Trinajstić information content (AvgIpc) is 3.20. The fraction of sp³-hybridized carbons (Fsp3) is 0.375. The molecule has 0 saturated carbocycles. The molecular weight excluding hydrogens is 332 g/mol. The van der Waals surface area contributed by atoms with E-state index in [0.29, 0.717) is 17.1 Å². The molecule has 1 fully saturated rings. The van der Waals surface area contributed by atoms with Gasteiger partial charge in [0.05, 0.1) is 18.3 Å². The molecule has 2 aliphatic rings. The van der Waals surface area contributed by atoms with E-state index < -0.39 is 29.7 Å². The molecule has 3 heterocycles. The molecule has 0 bridgehead atoms. The molecule has 0 unspecified atom stereocenters. The standard InChI is InChI=1S/C16H16N2O7/c19-6-13-10(20)4-14(25-13)18-5-9(15(21)17-16(18)22)8-1-2-11-12(3-8)24-7-23-11/h1-3,5,10,13-14,19-20H,4,6-7H2,(H,17,21,22)/t10-,13+,14+/m0/s1. The van der Waals surface area contributed by atoms with E-state index >= 15 is 0 Å². The quantitative estimate of drug-likeness (QED) is 0.688. The molecule has 25 heavy (non-hydrogen) atoms. The van der Waals surface area contributed by atoms with Crippen molar-refractivity contribution < 1.29 is 24.4 Å². The van der Waals surface area contributed by atoms with E-state index in [1.807, 2.05) is 0 Å². The third-order valence-corrected chi connectivity index (χ3v) is 4.35. The number of aromatic amines is 1. The van der Waals surface area contributed by atoms with E-state index in [1.54, 1.807) is 18.2 Å². The molecular formula is C16H16N2O7. The normalized spacial score (nSPS) is 24.6. The largest absolute Gasteiger partial charge is 0.454 e. The Morgan fingerprint density at radius 3 is 2.80 bits per heavy atom. The summed E-state index contributed by atoms with van der Waals surface area (Å²) in [7, 11) is 0. The number of H-pyrrole nitrogens is 1. The Hall–Kier alpha value is -2.62. The first kappa shape index (κ1) is 15.9. The molecule has 3 atom stereocenters. The first-order valence-electron chi connectivity index (χ1n) is 7.76. The molecule has 0 amide bonds. The zero-order valence-corrected chi connectivity index (χ0v) is 13.0. The number of aliphatic hydroxyl groups is 2. The zero-order valence-electron chi connectivity index (χ0n) is 13.0. The van der Waals surface area contributed by atoms with Gasteiger partial charge in [0.15, 0.2) is 11.5 Å². The Bertz CT molecular complexity index is 919. The Balaban J connectivity index is 1.75. The number of aromatic nitrogens is 2. The lowest BCUT2D eigenvalue weighted by Gasteiger charge is -2.15. The van der Waals surface area contributed by atoms with Crippen LogP contribution >= 0.6 is 0 Å². The Kier molecular flexibility index (Phi) is 3.83. The maximum atomic E-state index is 12.2. The molecule has 132 valence electrons.